The molecule has 0 bridgehead atoms. The zero-order valence-electron chi connectivity index (χ0n) is 11.0. The molecule has 0 fully saturated rings. The summed E-state index contributed by atoms with van der Waals surface area (Å²) >= 11 is 4.69. The van der Waals surface area contributed by atoms with Gasteiger partial charge in [0.15, 0.2) is 0 Å². The van der Waals surface area contributed by atoms with E-state index < -0.39 is 0 Å². The van der Waals surface area contributed by atoms with E-state index in [-0.39, 0.29) is 11.7 Å². The Kier molecular flexibility index (Phi) is 5.39. The maximum Gasteiger partial charge on any atom is 0.251 e. The van der Waals surface area contributed by atoms with Gasteiger partial charge in [-0.1, -0.05) is 11.8 Å². The molecule has 108 valence electrons. The van der Waals surface area contributed by atoms with Gasteiger partial charge in [-0.2, -0.15) is 0 Å². The van der Waals surface area contributed by atoms with Crippen LogP contribution in [-0.4, -0.2) is 17.6 Å². The van der Waals surface area contributed by atoms with Crippen molar-refractivity contribution < 1.29 is 9.90 Å². The van der Waals surface area contributed by atoms with Gasteiger partial charge in [-0.15, -0.1) is 11.3 Å². The molecule has 0 saturated heterocycles. The van der Waals surface area contributed by atoms with Gasteiger partial charge < -0.3 is 16.2 Å². The third kappa shape index (κ3) is 4.33. The summed E-state index contributed by atoms with van der Waals surface area (Å²) in [7, 11) is 0. The standard InChI is InChI=1S/C15H13BrN2O2S/c16-13-6-3-10(8-14(13)19)15(20)18-9-12-5-4-11(21-12)2-1-7-17/h3-6,8,19H,7,9,17H2,(H,18,20). The summed E-state index contributed by atoms with van der Waals surface area (Å²) in [6, 6.07) is 8.53. The Labute approximate surface area is 135 Å². The molecule has 2 aromatic rings. The Bertz CT molecular complexity index is 716. The van der Waals surface area contributed by atoms with Gasteiger partial charge in [0.05, 0.1) is 22.4 Å². The number of benzene rings is 1. The Morgan fingerprint density at radius 1 is 1.38 bits per heavy atom. The van der Waals surface area contributed by atoms with Crippen molar-refractivity contribution in [3.05, 3.63) is 50.1 Å². The lowest BCUT2D eigenvalue weighted by Crippen LogP contribution is -2.22. The van der Waals surface area contributed by atoms with Crippen LogP contribution in [0.15, 0.2) is 34.8 Å². The number of thiophene rings is 1. The second kappa shape index (κ2) is 7.27. The summed E-state index contributed by atoms with van der Waals surface area (Å²) in [5.74, 6) is 5.54. The SMILES string of the molecule is NCC#Cc1ccc(CNC(=O)c2ccc(Br)c(O)c2)s1. The molecule has 4 N–H and O–H groups in total. The number of halogens is 1. The van der Waals surface area contributed by atoms with E-state index in [1.54, 1.807) is 12.1 Å². The predicted molar refractivity (Wildman–Crippen MR) is 87.2 cm³/mol. The number of carbonyl (C=O) groups excluding carboxylic acids is 1. The molecule has 0 aliphatic rings. The van der Waals surface area contributed by atoms with E-state index in [9.17, 15) is 9.90 Å². The van der Waals surface area contributed by atoms with E-state index in [1.165, 1.54) is 17.4 Å². The summed E-state index contributed by atoms with van der Waals surface area (Å²) in [6.45, 7) is 0.752. The van der Waals surface area contributed by atoms with Crippen LogP contribution < -0.4 is 11.1 Å². The van der Waals surface area contributed by atoms with Crippen LogP contribution in [0.5, 0.6) is 5.75 Å². The van der Waals surface area contributed by atoms with Crippen molar-refractivity contribution in [2.24, 2.45) is 5.73 Å². The van der Waals surface area contributed by atoms with E-state index in [0.29, 0.717) is 23.1 Å². The molecule has 4 nitrogen and oxygen atoms in total. The normalized spacial score (nSPS) is 9.81. The van der Waals surface area contributed by atoms with Crippen LogP contribution in [-0.2, 0) is 6.54 Å². The van der Waals surface area contributed by atoms with Crippen LogP contribution in [0.4, 0.5) is 0 Å². The second-order valence-corrected chi connectivity index (χ2v) is 6.14. The molecule has 0 saturated carbocycles. The average molecular weight is 365 g/mol. The van der Waals surface area contributed by atoms with Crippen molar-refractivity contribution >= 4 is 33.2 Å². The molecule has 0 aliphatic carbocycles. The van der Waals surface area contributed by atoms with Crippen molar-refractivity contribution in [1.82, 2.24) is 5.32 Å². The van der Waals surface area contributed by atoms with Gasteiger partial charge in [-0.05, 0) is 46.3 Å². The smallest absolute Gasteiger partial charge is 0.251 e. The fraction of sp³-hybridized carbons (Fsp3) is 0.133. The Balaban J connectivity index is 1.97. The second-order valence-electron chi connectivity index (χ2n) is 4.12. The van der Waals surface area contributed by atoms with Crippen LogP contribution >= 0.6 is 27.3 Å². The summed E-state index contributed by atoms with van der Waals surface area (Å²) in [5.41, 5.74) is 5.73. The highest BCUT2D eigenvalue weighted by Crippen LogP contribution is 2.24. The first-order valence-electron chi connectivity index (χ1n) is 6.14. The number of rotatable bonds is 3. The van der Waals surface area contributed by atoms with Gasteiger partial charge in [0.25, 0.3) is 5.91 Å². The van der Waals surface area contributed by atoms with Gasteiger partial charge >= 0.3 is 0 Å². The number of phenolic OH excluding ortho intramolecular Hbond substituents is 1. The number of aromatic hydroxyl groups is 1. The fourth-order valence-electron chi connectivity index (χ4n) is 1.60. The molecular formula is C15H13BrN2O2S. The lowest BCUT2D eigenvalue weighted by atomic mass is 10.2. The lowest BCUT2D eigenvalue weighted by Gasteiger charge is -2.05. The number of amides is 1. The highest BCUT2D eigenvalue weighted by molar-refractivity contribution is 9.10. The quantitative estimate of drug-likeness (QED) is 0.732. The number of hydrogen-bond acceptors (Lipinski definition) is 4. The Morgan fingerprint density at radius 2 is 2.19 bits per heavy atom. The van der Waals surface area contributed by atoms with E-state index in [0.717, 1.165) is 9.75 Å². The van der Waals surface area contributed by atoms with Gasteiger partial charge in [0.2, 0.25) is 0 Å². The van der Waals surface area contributed by atoms with Gasteiger partial charge in [-0.3, -0.25) is 4.79 Å². The van der Waals surface area contributed by atoms with Crippen LogP contribution in [0.3, 0.4) is 0 Å². The van der Waals surface area contributed by atoms with E-state index in [2.05, 4.69) is 33.1 Å². The molecule has 0 radical (unpaired) electrons. The number of phenols is 1. The third-order valence-corrected chi connectivity index (χ3v) is 4.28. The van der Waals surface area contributed by atoms with E-state index in [4.69, 9.17) is 5.73 Å². The highest BCUT2D eigenvalue weighted by Gasteiger charge is 2.08. The number of nitrogens with two attached hydrogens (primary N) is 1. The van der Waals surface area contributed by atoms with E-state index >= 15 is 0 Å². The molecule has 0 atom stereocenters. The summed E-state index contributed by atoms with van der Waals surface area (Å²) < 4.78 is 0.556. The Morgan fingerprint density at radius 3 is 2.90 bits per heavy atom. The van der Waals surface area contributed by atoms with Crippen LogP contribution in [0.2, 0.25) is 0 Å². The first-order valence-corrected chi connectivity index (χ1v) is 7.75. The van der Waals surface area contributed by atoms with Gasteiger partial charge in [0.1, 0.15) is 5.75 Å². The van der Waals surface area contributed by atoms with Gasteiger partial charge in [-0.25, -0.2) is 0 Å². The molecule has 0 aliphatic heterocycles. The molecule has 1 heterocycles. The molecule has 0 spiro atoms. The number of carbonyl (C=O) groups is 1. The molecule has 1 aromatic carbocycles. The first-order chi connectivity index (χ1) is 10.1. The maximum absolute atomic E-state index is 12.0. The lowest BCUT2D eigenvalue weighted by molar-refractivity contribution is 0.0951. The Hall–Kier alpha value is -1.81. The maximum atomic E-state index is 12.0. The number of hydrogen-bond donors (Lipinski definition) is 3. The molecule has 2 rings (SSSR count). The first kappa shape index (κ1) is 15.6. The third-order valence-electron chi connectivity index (χ3n) is 2.61. The average Bonchev–Trinajstić information content (AvgIpc) is 2.93. The minimum absolute atomic E-state index is 0.0399. The van der Waals surface area contributed by atoms with Crippen LogP contribution in [0.1, 0.15) is 20.1 Å². The largest absolute Gasteiger partial charge is 0.507 e. The monoisotopic (exact) mass is 364 g/mol. The fourth-order valence-corrected chi connectivity index (χ4v) is 2.67. The van der Waals surface area contributed by atoms with Crippen molar-refractivity contribution in [2.45, 2.75) is 6.54 Å². The zero-order chi connectivity index (χ0) is 15.2. The van der Waals surface area contributed by atoms with Gasteiger partial charge in [0, 0.05) is 10.4 Å². The summed E-state index contributed by atoms with van der Waals surface area (Å²) in [4.78, 5) is 13.9. The van der Waals surface area contributed by atoms with Crippen molar-refractivity contribution in [1.29, 1.82) is 0 Å². The van der Waals surface area contributed by atoms with Crippen molar-refractivity contribution in [3.63, 3.8) is 0 Å². The molecule has 21 heavy (non-hydrogen) atoms. The topological polar surface area (TPSA) is 75.3 Å². The molecular weight excluding hydrogens is 352 g/mol. The van der Waals surface area contributed by atoms with Crippen molar-refractivity contribution in [3.8, 4) is 17.6 Å². The predicted octanol–water partition coefficient (Wildman–Crippen LogP) is 2.46. The summed E-state index contributed by atoms with van der Waals surface area (Å²) in [6.07, 6.45) is 0. The van der Waals surface area contributed by atoms with Crippen LogP contribution in [0, 0.1) is 11.8 Å². The van der Waals surface area contributed by atoms with E-state index in [1.807, 2.05) is 12.1 Å². The van der Waals surface area contributed by atoms with Crippen molar-refractivity contribution in [2.75, 3.05) is 6.54 Å². The number of nitrogens with one attached hydrogen (secondary N) is 1. The zero-order valence-corrected chi connectivity index (χ0v) is 13.4. The molecule has 0 unspecified atom stereocenters. The minimum atomic E-state index is -0.235. The minimum Gasteiger partial charge on any atom is -0.507 e. The molecule has 6 heteroatoms. The highest BCUT2D eigenvalue weighted by atomic mass is 79.9. The molecule has 1 amide bonds. The summed E-state index contributed by atoms with van der Waals surface area (Å²) in [5, 5.41) is 12.4. The van der Waals surface area contributed by atoms with Crippen LogP contribution in [0.25, 0.3) is 0 Å². The molecule has 1 aromatic heterocycles.